The van der Waals surface area contributed by atoms with Gasteiger partial charge in [0.2, 0.25) is 0 Å². The van der Waals surface area contributed by atoms with Crippen LogP contribution in [0.3, 0.4) is 0 Å². The molecule has 0 aliphatic heterocycles. The summed E-state index contributed by atoms with van der Waals surface area (Å²) < 4.78 is 73.3. The van der Waals surface area contributed by atoms with Gasteiger partial charge in [-0.25, -0.2) is 0 Å². The first-order valence-corrected chi connectivity index (χ1v) is 9.07. The van der Waals surface area contributed by atoms with E-state index in [1.54, 1.807) is 0 Å². The van der Waals surface area contributed by atoms with E-state index in [0.717, 1.165) is 24.3 Å². The van der Waals surface area contributed by atoms with E-state index in [2.05, 4.69) is 10.2 Å². The van der Waals surface area contributed by atoms with E-state index in [1.165, 1.54) is 30.3 Å². The lowest BCUT2D eigenvalue weighted by Gasteiger charge is -2.08. The van der Waals surface area contributed by atoms with Crippen molar-refractivity contribution in [3.05, 3.63) is 81.6 Å². The van der Waals surface area contributed by atoms with Crippen molar-refractivity contribution in [1.82, 2.24) is 10.2 Å². The Labute approximate surface area is 182 Å². The van der Waals surface area contributed by atoms with Gasteiger partial charge in [-0.1, -0.05) is 47.5 Å². The van der Waals surface area contributed by atoms with Gasteiger partial charge in [-0.2, -0.15) is 31.6 Å². The van der Waals surface area contributed by atoms with Crippen molar-refractivity contribution in [3.8, 4) is 17.2 Å². The molecule has 162 valence electrons. The number of aromatic nitrogens is 2. The zero-order valence-corrected chi connectivity index (χ0v) is 16.8. The smallest absolute Gasteiger partial charge is 0.198 e. The van der Waals surface area contributed by atoms with E-state index < -0.39 is 23.5 Å². The average Bonchev–Trinajstić information content (AvgIpc) is 2.70. The fourth-order valence-corrected chi connectivity index (χ4v) is 2.65. The molecule has 0 radical (unpaired) electrons. The van der Waals surface area contributed by atoms with Gasteiger partial charge in [0, 0.05) is 5.56 Å². The maximum absolute atomic E-state index is 12.4. The minimum Gasteiger partial charge on any atom is -0.198 e. The highest BCUT2D eigenvalue weighted by molar-refractivity contribution is 6.33. The maximum Gasteiger partial charge on any atom is 0.416 e. The molecule has 31 heavy (non-hydrogen) atoms. The van der Waals surface area contributed by atoms with E-state index >= 15 is 0 Å². The maximum atomic E-state index is 12.4. The average molecular weight is 478 g/mol. The van der Waals surface area contributed by atoms with Gasteiger partial charge in [0.1, 0.15) is 0 Å². The summed E-state index contributed by atoms with van der Waals surface area (Å²) in [6.45, 7) is 0. The Balaban J connectivity index is 0.000000233. The Hall–Kier alpha value is -2.83. The summed E-state index contributed by atoms with van der Waals surface area (Å²) >= 11 is 11.5. The second kappa shape index (κ2) is 9.98. The third kappa shape index (κ3) is 7.12. The van der Waals surface area contributed by atoms with Crippen molar-refractivity contribution in [2.75, 3.05) is 0 Å². The normalized spacial score (nSPS) is 11.3. The topological polar surface area (TPSA) is 49.6 Å². The highest BCUT2D eigenvalue weighted by Gasteiger charge is 2.30. The van der Waals surface area contributed by atoms with Crippen LogP contribution in [0.5, 0.6) is 0 Å². The Morgan fingerprint density at radius 2 is 1.26 bits per heavy atom. The highest BCUT2D eigenvalue weighted by Crippen LogP contribution is 2.33. The SMILES string of the molecule is FC(F)(F)c1ccc(-c2cc(Cl)nnc2Cl)cc1.N#CCc1ccc(C(F)(F)F)cc1. The van der Waals surface area contributed by atoms with Crippen LogP contribution in [0, 0.1) is 11.3 Å². The fraction of sp³-hybridized carbons (Fsp3) is 0.150. The van der Waals surface area contributed by atoms with Crippen molar-refractivity contribution in [2.24, 2.45) is 0 Å². The zero-order chi connectivity index (χ0) is 23.2. The monoisotopic (exact) mass is 477 g/mol. The van der Waals surface area contributed by atoms with E-state index in [1.807, 2.05) is 6.07 Å². The first-order valence-electron chi connectivity index (χ1n) is 8.31. The van der Waals surface area contributed by atoms with Crippen LogP contribution in [0.25, 0.3) is 11.1 Å². The zero-order valence-electron chi connectivity index (χ0n) is 15.3. The predicted molar refractivity (Wildman–Crippen MR) is 103 cm³/mol. The number of rotatable bonds is 2. The Bertz CT molecular complexity index is 1060. The van der Waals surface area contributed by atoms with Crippen molar-refractivity contribution in [1.29, 1.82) is 5.26 Å². The summed E-state index contributed by atoms with van der Waals surface area (Å²) in [5.74, 6) is 0. The van der Waals surface area contributed by atoms with Crippen LogP contribution < -0.4 is 0 Å². The minimum atomic E-state index is -4.36. The molecule has 0 N–H and O–H groups in total. The molecule has 0 bridgehead atoms. The number of hydrogen-bond acceptors (Lipinski definition) is 3. The van der Waals surface area contributed by atoms with Crippen LogP contribution >= 0.6 is 23.2 Å². The molecule has 0 amide bonds. The molecule has 0 aliphatic rings. The molecule has 0 spiro atoms. The number of benzene rings is 2. The van der Waals surface area contributed by atoms with Crippen molar-refractivity contribution in [3.63, 3.8) is 0 Å². The third-order valence-corrected chi connectivity index (χ3v) is 4.27. The number of halogens is 8. The summed E-state index contributed by atoms with van der Waals surface area (Å²) in [6.07, 6.45) is -8.53. The lowest BCUT2D eigenvalue weighted by Crippen LogP contribution is -2.04. The number of nitrogens with zero attached hydrogens (tertiary/aromatic N) is 3. The molecule has 3 rings (SSSR count). The predicted octanol–water partition coefficient (Wildman–Crippen LogP) is 7.24. The van der Waals surface area contributed by atoms with Crippen molar-refractivity contribution in [2.45, 2.75) is 18.8 Å². The molecular weight excluding hydrogens is 467 g/mol. The Morgan fingerprint density at radius 1 is 0.774 bits per heavy atom. The second-order valence-electron chi connectivity index (χ2n) is 5.98. The van der Waals surface area contributed by atoms with Crippen LogP contribution in [0.2, 0.25) is 10.3 Å². The molecule has 1 aromatic heterocycles. The van der Waals surface area contributed by atoms with Gasteiger partial charge in [0.15, 0.2) is 10.3 Å². The second-order valence-corrected chi connectivity index (χ2v) is 6.72. The molecule has 0 unspecified atom stereocenters. The molecule has 0 atom stereocenters. The molecule has 1 heterocycles. The molecule has 0 saturated carbocycles. The molecule has 11 heteroatoms. The third-order valence-electron chi connectivity index (χ3n) is 3.81. The standard InChI is InChI=1S/C11H5Cl2F3N2.C9H6F3N/c12-9-5-8(10(13)18-17-9)6-1-3-7(4-2-6)11(14,15)16;10-9(11,12)8-3-1-7(2-4-8)5-6-13/h1-5H;1-4H,5H2. The van der Waals surface area contributed by atoms with E-state index in [9.17, 15) is 26.3 Å². The van der Waals surface area contributed by atoms with Crippen LogP contribution in [0.15, 0.2) is 54.6 Å². The first-order chi connectivity index (χ1) is 14.4. The largest absolute Gasteiger partial charge is 0.416 e. The van der Waals surface area contributed by atoms with Gasteiger partial charge >= 0.3 is 12.4 Å². The quantitative estimate of drug-likeness (QED) is 0.365. The molecule has 3 aromatic rings. The van der Waals surface area contributed by atoms with Gasteiger partial charge in [0.05, 0.1) is 23.6 Å². The number of nitriles is 1. The van der Waals surface area contributed by atoms with E-state index in [4.69, 9.17) is 28.5 Å². The summed E-state index contributed by atoms with van der Waals surface area (Å²) in [7, 11) is 0. The highest BCUT2D eigenvalue weighted by atomic mass is 35.5. The first kappa shape index (κ1) is 24.4. The number of alkyl halides is 6. The van der Waals surface area contributed by atoms with Gasteiger partial charge in [-0.3, -0.25) is 0 Å². The van der Waals surface area contributed by atoms with E-state index in [-0.39, 0.29) is 16.7 Å². The Morgan fingerprint density at radius 3 is 1.71 bits per heavy atom. The summed E-state index contributed by atoms with van der Waals surface area (Å²) in [5.41, 5.74) is 0.107. The van der Waals surface area contributed by atoms with Gasteiger partial charge in [-0.15, -0.1) is 10.2 Å². The molecule has 3 nitrogen and oxygen atoms in total. The van der Waals surface area contributed by atoms with E-state index in [0.29, 0.717) is 16.7 Å². The van der Waals surface area contributed by atoms with Crippen LogP contribution in [-0.2, 0) is 18.8 Å². The van der Waals surface area contributed by atoms with Gasteiger partial charge in [-0.05, 0) is 41.5 Å². The lowest BCUT2D eigenvalue weighted by atomic mass is 10.1. The molecule has 0 aliphatic carbocycles. The number of hydrogen-bond donors (Lipinski definition) is 0. The molecule has 0 fully saturated rings. The lowest BCUT2D eigenvalue weighted by molar-refractivity contribution is -0.138. The van der Waals surface area contributed by atoms with Crippen LogP contribution in [-0.4, -0.2) is 10.2 Å². The minimum absolute atomic E-state index is 0.0826. The molecule has 2 aromatic carbocycles. The summed E-state index contributed by atoms with van der Waals surface area (Å²) in [4.78, 5) is 0. The molecular formula is C20H11Cl2F6N3. The fourth-order valence-electron chi connectivity index (χ4n) is 2.30. The van der Waals surface area contributed by atoms with Gasteiger partial charge < -0.3 is 0 Å². The van der Waals surface area contributed by atoms with Crippen molar-refractivity contribution < 1.29 is 26.3 Å². The van der Waals surface area contributed by atoms with Crippen LogP contribution in [0.1, 0.15) is 16.7 Å². The van der Waals surface area contributed by atoms with Crippen LogP contribution in [0.4, 0.5) is 26.3 Å². The Kier molecular flexibility index (Phi) is 7.87. The summed E-state index contributed by atoms with van der Waals surface area (Å²) in [6, 6.07) is 12.4. The molecule has 0 saturated heterocycles. The summed E-state index contributed by atoms with van der Waals surface area (Å²) in [5, 5.41) is 15.6. The van der Waals surface area contributed by atoms with Crippen molar-refractivity contribution >= 4 is 23.2 Å². The van der Waals surface area contributed by atoms with Gasteiger partial charge in [0.25, 0.3) is 0 Å².